The molecule has 2 aromatic rings. The van der Waals surface area contributed by atoms with Crippen molar-refractivity contribution < 1.29 is 9.90 Å². The molecule has 1 aliphatic carbocycles. The van der Waals surface area contributed by atoms with Crippen LogP contribution in [0.2, 0.25) is 0 Å². The molecule has 6 nitrogen and oxygen atoms in total. The second-order valence-corrected chi connectivity index (χ2v) is 5.99. The fourth-order valence-electron chi connectivity index (χ4n) is 2.84. The number of carbonyl (C=O) groups excluding carboxylic acids is 1. The van der Waals surface area contributed by atoms with Crippen molar-refractivity contribution in [3.63, 3.8) is 0 Å². The van der Waals surface area contributed by atoms with Gasteiger partial charge in [0.2, 0.25) is 0 Å². The minimum Gasteiger partial charge on any atom is -0.393 e. The van der Waals surface area contributed by atoms with Gasteiger partial charge in [0, 0.05) is 18.3 Å². The maximum Gasteiger partial charge on any atom is 0.320 e. The summed E-state index contributed by atoms with van der Waals surface area (Å²) < 4.78 is 1.79. The number of rotatable bonds is 4. The molecule has 0 unspecified atom stereocenters. The first-order chi connectivity index (χ1) is 11.2. The Kier molecular flexibility index (Phi) is 4.92. The molecule has 1 saturated carbocycles. The molecule has 0 radical (unpaired) electrons. The molecule has 23 heavy (non-hydrogen) atoms. The van der Waals surface area contributed by atoms with Crippen LogP contribution in [0.5, 0.6) is 0 Å². The van der Waals surface area contributed by atoms with E-state index in [1.807, 2.05) is 36.5 Å². The summed E-state index contributed by atoms with van der Waals surface area (Å²) >= 11 is 0. The van der Waals surface area contributed by atoms with Crippen LogP contribution in [0.25, 0.3) is 0 Å². The number of nitrogens with one attached hydrogen (secondary N) is 2. The molecule has 6 heteroatoms. The Morgan fingerprint density at radius 3 is 2.65 bits per heavy atom. The number of aliphatic hydroxyl groups excluding tert-OH is 1. The van der Waals surface area contributed by atoms with E-state index >= 15 is 0 Å². The molecular weight excluding hydrogens is 292 g/mol. The Bertz CT molecular complexity index is 633. The number of benzene rings is 1. The minimum atomic E-state index is -0.239. The number of amides is 2. The van der Waals surface area contributed by atoms with E-state index in [9.17, 15) is 9.90 Å². The van der Waals surface area contributed by atoms with Gasteiger partial charge in [-0.05, 0) is 31.2 Å². The van der Waals surface area contributed by atoms with Crippen molar-refractivity contribution in [1.82, 2.24) is 15.1 Å². The Labute approximate surface area is 135 Å². The maximum atomic E-state index is 12.0. The molecule has 0 atom stereocenters. The van der Waals surface area contributed by atoms with E-state index < -0.39 is 0 Å². The summed E-state index contributed by atoms with van der Waals surface area (Å²) in [5.74, 6) is 0.536. The van der Waals surface area contributed by atoms with Crippen molar-refractivity contribution in [3.05, 3.63) is 48.2 Å². The van der Waals surface area contributed by atoms with Crippen molar-refractivity contribution in [3.8, 4) is 0 Å². The van der Waals surface area contributed by atoms with Gasteiger partial charge in [-0.15, -0.1) is 0 Å². The van der Waals surface area contributed by atoms with Gasteiger partial charge in [-0.2, -0.15) is 5.10 Å². The second kappa shape index (κ2) is 7.28. The largest absolute Gasteiger partial charge is 0.393 e. The molecule has 0 saturated heterocycles. The van der Waals surface area contributed by atoms with Gasteiger partial charge in [-0.25, -0.2) is 4.79 Å². The number of hydrogen-bond acceptors (Lipinski definition) is 3. The van der Waals surface area contributed by atoms with Crippen molar-refractivity contribution in [2.45, 2.75) is 44.4 Å². The van der Waals surface area contributed by atoms with Gasteiger partial charge >= 0.3 is 6.03 Å². The quantitative estimate of drug-likeness (QED) is 0.810. The molecule has 3 rings (SSSR count). The lowest BCUT2D eigenvalue weighted by molar-refractivity contribution is 0.118. The smallest absolute Gasteiger partial charge is 0.320 e. The van der Waals surface area contributed by atoms with Gasteiger partial charge in [-0.3, -0.25) is 10.00 Å². The zero-order valence-electron chi connectivity index (χ0n) is 13.0. The lowest BCUT2D eigenvalue weighted by Crippen LogP contribution is -2.40. The third-order valence-corrected chi connectivity index (χ3v) is 4.10. The van der Waals surface area contributed by atoms with E-state index in [0.29, 0.717) is 12.4 Å². The number of urea groups is 1. The summed E-state index contributed by atoms with van der Waals surface area (Å²) in [6.45, 7) is 0.671. The molecule has 122 valence electrons. The molecule has 0 spiro atoms. The average molecular weight is 314 g/mol. The van der Waals surface area contributed by atoms with Crippen LogP contribution in [-0.2, 0) is 6.54 Å². The normalized spacial score (nSPS) is 20.9. The van der Waals surface area contributed by atoms with Crippen molar-refractivity contribution in [2.75, 3.05) is 5.32 Å². The molecule has 3 N–H and O–H groups in total. The zero-order valence-corrected chi connectivity index (χ0v) is 13.0. The summed E-state index contributed by atoms with van der Waals surface area (Å²) in [6.07, 6.45) is 4.76. The molecule has 0 aliphatic heterocycles. The lowest BCUT2D eigenvalue weighted by Gasteiger charge is -2.25. The van der Waals surface area contributed by atoms with Crippen LogP contribution in [-0.4, -0.2) is 33.1 Å². The molecule has 1 fully saturated rings. The SMILES string of the molecule is O=C(Nc1ccn(Cc2ccccc2)n1)NC1CCC(O)CC1. The molecule has 1 heterocycles. The highest BCUT2D eigenvalue weighted by atomic mass is 16.3. The lowest BCUT2D eigenvalue weighted by atomic mass is 9.93. The summed E-state index contributed by atoms with van der Waals surface area (Å²) in [6, 6.07) is 11.7. The van der Waals surface area contributed by atoms with Gasteiger partial charge in [0.25, 0.3) is 0 Å². The monoisotopic (exact) mass is 314 g/mol. The molecule has 1 aromatic heterocycles. The first-order valence-corrected chi connectivity index (χ1v) is 8.02. The standard InChI is InChI=1S/C17H22N4O2/c22-15-8-6-14(7-9-15)18-17(23)19-16-10-11-21(20-16)12-13-4-2-1-3-5-13/h1-5,10-11,14-15,22H,6-9,12H2,(H2,18,19,20,23). The van der Waals surface area contributed by atoms with E-state index in [1.54, 1.807) is 10.7 Å². The highest BCUT2D eigenvalue weighted by molar-refractivity contribution is 5.88. The number of aromatic nitrogens is 2. The van der Waals surface area contributed by atoms with Gasteiger partial charge in [0.15, 0.2) is 5.82 Å². The van der Waals surface area contributed by atoms with E-state index in [-0.39, 0.29) is 18.2 Å². The number of aliphatic hydroxyl groups is 1. The molecule has 1 aromatic carbocycles. The van der Waals surface area contributed by atoms with Gasteiger partial charge < -0.3 is 10.4 Å². The Morgan fingerprint density at radius 1 is 1.17 bits per heavy atom. The number of nitrogens with zero attached hydrogens (tertiary/aromatic N) is 2. The van der Waals surface area contributed by atoms with E-state index in [1.165, 1.54) is 0 Å². The van der Waals surface area contributed by atoms with E-state index in [0.717, 1.165) is 31.2 Å². The van der Waals surface area contributed by atoms with Crippen LogP contribution in [0.1, 0.15) is 31.2 Å². The summed E-state index contributed by atoms with van der Waals surface area (Å²) in [5.41, 5.74) is 1.16. The van der Waals surface area contributed by atoms with Gasteiger partial charge in [-0.1, -0.05) is 30.3 Å². The summed E-state index contributed by atoms with van der Waals surface area (Å²) in [7, 11) is 0. The highest BCUT2D eigenvalue weighted by Gasteiger charge is 2.20. The molecule has 2 amide bonds. The van der Waals surface area contributed by atoms with Crippen LogP contribution < -0.4 is 10.6 Å². The fraction of sp³-hybridized carbons (Fsp3) is 0.412. The predicted octanol–water partition coefficient (Wildman–Crippen LogP) is 2.36. The van der Waals surface area contributed by atoms with Crippen LogP contribution >= 0.6 is 0 Å². The molecule has 1 aliphatic rings. The number of carbonyl (C=O) groups is 1. The van der Waals surface area contributed by atoms with Gasteiger partial charge in [0.1, 0.15) is 0 Å². The first kappa shape index (κ1) is 15.6. The molecular formula is C17H22N4O2. The molecule has 0 bridgehead atoms. The third kappa shape index (κ3) is 4.56. The third-order valence-electron chi connectivity index (χ3n) is 4.10. The van der Waals surface area contributed by atoms with E-state index in [2.05, 4.69) is 15.7 Å². The summed E-state index contributed by atoms with van der Waals surface area (Å²) in [4.78, 5) is 12.0. The minimum absolute atomic E-state index is 0.129. The average Bonchev–Trinajstić information content (AvgIpc) is 2.97. The van der Waals surface area contributed by atoms with Crippen LogP contribution in [0, 0.1) is 0 Å². The fourth-order valence-corrected chi connectivity index (χ4v) is 2.84. The topological polar surface area (TPSA) is 79.2 Å². The second-order valence-electron chi connectivity index (χ2n) is 5.99. The van der Waals surface area contributed by atoms with Crippen LogP contribution in [0.15, 0.2) is 42.6 Å². The van der Waals surface area contributed by atoms with Crippen molar-refractivity contribution >= 4 is 11.8 Å². The number of anilines is 1. The predicted molar refractivity (Wildman–Crippen MR) is 88.2 cm³/mol. The Hall–Kier alpha value is -2.34. The van der Waals surface area contributed by atoms with Crippen LogP contribution in [0.4, 0.5) is 10.6 Å². The van der Waals surface area contributed by atoms with E-state index in [4.69, 9.17) is 0 Å². The maximum absolute atomic E-state index is 12.0. The van der Waals surface area contributed by atoms with Crippen molar-refractivity contribution in [2.24, 2.45) is 0 Å². The first-order valence-electron chi connectivity index (χ1n) is 8.02. The van der Waals surface area contributed by atoms with Gasteiger partial charge in [0.05, 0.1) is 12.6 Å². The highest BCUT2D eigenvalue weighted by Crippen LogP contribution is 2.18. The number of hydrogen-bond donors (Lipinski definition) is 3. The Balaban J connectivity index is 1.49. The zero-order chi connectivity index (χ0) is 16.1. The Morgan fingerprint density at radius 2 is 1.91 bits per heavy atom. The van der Waals surface area contributed by atoms with Crippen LogP contribution in [0.3, 0.4) is 0 Å². The summed E-state index contributed by atoms with van der Waals surface area (Å²) in [5, 5.41) is 19.5. The van der Waals surface area contributed by atoms with Crippen molar-refractivity contribution in [1.29, 1.82) is 0 Å².